The molecule has 150 valence electrons. The van der Waals surface area contributed by atoms with Crippen molar-refractivity contribution >= 4 is 16.7 Å². The van der Waals surface area contributed by atoms with Gasteiger partial charge in [0.15, 0.2) is 17.3 Å². The number of carbonyl (C=O) groups excluding carboxylic acids is 1. The van der Waals surface area contributed by atoms with Gasteiger partial charge in [-0.3, -0.25) is 9.78 Å². The highest BCUT2D eigenvalue weighted by atomic mass is 19.1. The van der Waals surface area contributed by atoms with Gasteiger partial charge < -0.3 is 14.2 Å². The predicted molar refractivity (Wildman–Crippen MR) is 111 cm³/mol. The van der Waals surface area contributed by atoms with Crippen LogP contribution in [0.4, 0.5) is 4.39 Å². The van der Waals surface area contributed by atoms with E-state index in [1.165, 1.54) is 18.2 Å². The molecule has 3 aromatic carbocycles. The minimum absolute atomic E-state index is 0.257. The molecule has 0 aliphatic carbocycles. The van der Waals surface area contributed by atoms with Gasteiger partial charge in [0, 0.05) is 28.8 Å². The first-order chi connectivity index (χ1) is 14.6. The van der Waals surface area contributed by atoms with Crippen molar-refractivity contribution in [1.29, 1.82) is 0 Å². The fraction of sp³-hybridized carbons (Fsp3) is 0.0833. The maximum Gasteiger partial charge on any atom is 0.193 e. The Morgan fingerprint density at radius 1 is 0.833 bits per heavy atom. The van der Waals surface area contributed by atoms with E-state index in [0.717, 1.165) is 5.39 Å². The van der Waals surface area contributed by atoms with E-state index in [1.807, 2.05) is 0 Å². The van der Waals surface area contributed by atoms with Crippen molar-refractivity contribution in [2.45, 2.75) is 0 Å². The predicted octanol–water partition coefficient (Wildman–Crippen LogP) is 5.41. The molecule has 4 aromatic rings. The Morgan fingerprint density at radius 3 is 2.27 bits per heavy atom. The molecular weight excluding hydrogens is 385 g/mol. The highest BCUT2D eigenvalue weighted by molar-refractivity contribution is 6.09. The largest absolute Gasteiger partial charge is 0.493 e. The Morgan fingerprint density at radius 2 is 1.57 bits per heavy atom. The molecule has 1 aromatic heterocycles. The van der Waals surface area contributed by atoms with Crippen molar-refractivity contribution < 1.29 is 23.4 Å². The topological polar surface area (TPSA) is 57.7 Å². The van der Waals surface area contributed by atoms with E-state index < -0.39 is 5.82 Å². The van der Waals surface area contributed by atoms with Gasteiger partial charge in [0.25, 0.3) is 0 Å². The molecule has 30 heavy (non-hydrogen) atoms. The summed E-state index contributed by atoms with van der Waals surface area (Å²) in [6, 6.07) is 17.6. The summed E-state index contributed by atoms with van der Waals surface area (Å²) in [5.41, 5.74) is 1.44. The van der Waals surface area contributed by atoms with Crippen LogP contribution < -0.4 is 14.2 Å². The summed E-state index contributed by atoms with van der Waals surface area (Å²) in [6.45, 7) is 0. The lowest BCUT2D eigenvalue weighted by Gasteiger charge is -2.12. The monoisotopic (exact) mass is 403 g/mol. The molecule has 0 aliphatic heterocycles. The van der Waals surface area contributed by atoms with Gasteiger partial charge in [-0.05, 0) is 48.5 Å². The third-order valence-electron chi connectivity index (χ3n) is 4.64. The Hall–Kier alpha value is -3.93. The van der Waals surface area contributed by atoms with Gasteiger partial charge in [0.2, 0.25) is 0 Å². The van der Waals surface area contributed by atoms with E-state index in [0.29, 0.717) is 39.6 Å². The van der Waals surface area contributed by atoms with Gasteiger partial charge in [-0.2, -0.15) is 0 Å². The summed E-state index contributed by atoms with van der Waals surface area (Å²) < 4.78 is 30.1. The number of benzene rings is 3. The molecule has 0 atom stereocenters. The minimum atomic E-state index is -0.447. The molecule has 0 radical (unpaired) electrons. The summed E-state index contributed by atoms with van der Waals surface area (Å²) >= 11 is 0. The SMILES string of the molecule is COc1cc2nccc(Oc3ccc(C(=O)c4cccc(F)c4)cc3)c2cc1OC. The molecule has 0 N–H and O–H groups in total. The molecule has 4 rings (SSSR count). The van der Waals surface area contributed by atoms with Gasteiger partial charge in [-0.25, -0.2) is 4.39 Å². The van der Waals surface area contributed by atoms with Crippen LogP contribution in [0.5, 0.6) is 23.0 Å². The maximum absolute atomic E-state index is 13.4. The Kier molecular flexibility index (Phi) is 5.30. The van der Waals surface area contributed by atoms with E-state index in [2.05, 4.69) is 4.98 Å². The van der Waals surface area contributed by atoms with Crippen molar-refractivity contribution in [3.63, 3.8) is 0 Å². The lowest BCUT2D eigenvalue weighted by Crippen LogP contribution is -2.01. The highest BCUT2D eigenvalue weighted by Crippen LogP contribution is 2.36. The normalized spacial score (nSPS) is 10.6. The van der Waals surface area contributed by atoms with E-state index in [-0.39, 0.29) is 5.78 Å². The summed E-state index contributed by atoms with van der Waals surface area (Å²) in [7, 11) is 3.13. The van der Waals surface area contributed by atoms with E-state index >= 15 is 0 Å². The van der Waals surface area contributed by atoms with Gasteiger partial charge in [0.1, 0.15) is 17.3 Å². The molecule has 6 heteroatoms. The molecule has 0 fully saturated rings. The number of aromatic nitrogens is 1. The van der Waals surface area contributed by atoms with Crippen LogP contribution in [0.25, 0.3) is 10.9 Å². The standard InChI is InChI=1S/C24H18FNO4/c1-28-22-13-19-20(14-23(22)29-2)26-11-10-21(19)30-18-8-6-15(7-9-18)24(27)16-4-3-5-17(25)12-16/h3-14H,1-2H3. The van der Waals surface area contributed by atoms with Gasteiger partial charge in [0.05, 0.1) is 19.7 Å². The van der Waals surface area contributed by atoms with Crippen LogP contribution in [-0.4, -0.2) is 25.0 Å². The second-order valence-corrected chi connectivity index (χ2v) is 6.50. The number of nitrogens with zero attached hydrogens (tertiary/aromatic N) is 1. The van der Waals surface area contributed by atoms with Crippen molar-refractivity contribution in [2.24, 2.45) is 0 Å². The van der Waals surface area contributed by atoms with Crippen LogP contribution in [0.3, 0.4) is 0 Å². The molecule has 0 amide bonds. The second kappa shape index (κ2) is 8.21. The number of pyridine rings is 1. The zero-order chi connectivity index (χ0) is 21.1. The molecular formula is C24H18FNO4. The first kappa shape index (κ1) is 19.4. The van der Waals surface area contributed by atoms with E-state index in [9.17, 15) is 9.18 Å². The average molecular weight is 403 g/mol. The van der Waals surface area contributed by atoms with Gasteiger partial charge >= 0.3 is 0 Å². The average Bonchev–Trinajstić information content (AvgIpc) is 2.78. The summed E-state index contributed by atoms with van der Waals surface area (Å²) in [6.07, 6.45) is 1.64. The van der Waals surface area contributed by atoms with E-state index in [4.69, 9.17) is 14.2 Å². The number of carbonyl (C=O) groups is 1. The number of ether oxygens (including phenoxy) is 3. The minimum Gasteiger partial charge on any atom is -0.493 e. The lowest BCUT2D eigenvalue weighted by atomic mass is 10.0. The molecule has 0 saturated carbocycles. The fourth-order valence-electron chi connectivity index (χ4n) is 3.13. The lowest BCUT2D eigenvalue weighted by molar-refractivity contribution is 0.103. The molecule has 0 spiro atoms. The molecule has 5 nitrogen and oxygen atoms in total. The number of methoxy groups -OCH3 is 2. The number of halogens is 1. The number of ketones is 1. The van der Waals surface area contributed by atoms with Crippen molar-refractivity contribution in [2.75, 3.05) is 14.2 Å². The highest BCUT2D eigenvalue weighted by Gasteiger charge is 2.13. The number of rotatable bonds is 6. The van der Waals surface area contributed by atoms with Crippen LogP contribution in [0.1, 0.15) is 15.9 Å². The van der Waals surface area contributed by atoms with Crippen molar-refractivity contribution in [3.8, 4) is 23.0 Å². The van der Waals surface area contributed by atoms with Crippen LogP contribution in [0.15, 0.2) is 72.9 Å². The summed E-state index contributed by atoms with van der Waals surface area (Å²) in [4.78, 5) is 16.9. The summed E-state index contributed by atoms with van der Waals surface area (Å²) in [5.74, 6) is 1.58. The van der Waals surface area contributed by atoms with Crippen LogP contribution >= 0.6 is 0 Å². The third-order valence-corrected chi connectivity index (χ3v) is 4.64. The zero-order valence-corrected chi connectivity index (χ0v) is 16.4. The van der Waals surface area contributed by atoms with E-state index in [1.54, 1.807) is 68.9 Å². The molecule has 0 aliphatic rings. The smallest absolute Gasteiger partial charge is 0.193 e. The van der Waals surface area contributed by atoms with Gasteiger partial charge in [-0.1, -0.05) is 12.1 Å². The number of hydrogen-bond acceptors (Lipinski definition) is 5. The first-order valence-electron chi connectivity index (χ1n) is 9.18. The molecule has 0 saturated heterocycles. The Bertz CT molecular complexity index is 1220. The second-order valence-electron chi connectivity index (χ2n) is 6.50. The maximum atomic E-state index is 13.4. The zero-order valence-electron chi connectivity index (χ0n) is 16.4. The molecule has 0 bridgehead atoms. The molecule has 0 unspecified atom stereocenters. The Balaban J connectivity index is 1.62. The first-order valence-corrected chi connectivity index (χ1v) is 9.18. The number of hydrogen-bond donors (Lipinski definition) is 0. The van der Waals surface area contributed by atoms with Crippen LogP contribution in [0.2, 0.25) is 0 Å². The van der Waals surface area contributed by atoms with Crippen LogP contribution in [0, 0.1) is 5.82 Å². The fourth-order valence-corrected chi connectivity index (χ4v) is 3.13. The van der Waals surface area contributed by atoms with Crippen molar-refractivity contribution in [1.82, 2.24) is 4.98 Å². The Labute approximate surface area is 172 Å². The van der Waals surface area contributed by atoms with Crippen molar-refractivity contribution in [3.05, 3.63) is 89.9 Å². The van der Waals surface area contributed by atoms with Gasteiger partial charge in [-0.15, -0.1) is 0 Å². The molecule has 1 heterocycles. The van der Waals surface area contributed by atoms with Crippen LogP contribution in [-0.2, 0) is 0 Å². The third kappa shape index (κ3) is 3.80. The number of fused-ring (bicyclic) bond motifs is 1. The summed E-state index contributed by atoms with van der Waals surface area (Å²) in [5, 5.41) is 0.759. The quantitative estimate of drug-likeness (QED) is 0.403.